The zero-order valence-electron chi connectivity index (χ0n) is 17.8. The molecule has 28 heavy (non-hydrogen) atoms. The second-order valence-electron chi connectivity index (χ2n) is 10.3. The molecular weight excluding hydrogens is 350 g/mol. The van der Waals surface area contributed by atoms with Crippen molar-refractivity contribution in [2.45, 2.75) is 66.2 Å². The number of aliphatic carboxylic acids is 1. The number of hydrogen-bond donors (Lipinski definition) is 1. The molecule has 0 heterocycles. The van der Waals surface area contributed by atoms with Crippen LogP contribution in [0.5, 0.6) is 0 Å². The van der Waals surface area contributed by atoms with Gasteiger partial charge in [-0.2, -0.15) is 5.26 Å². The number of nitrogens with zero attached hydrogens (tertiary/aromatic N) is 1. The Morgan fingerprint density at radius 1 is 1.39 bits per heavy atom. The van der Waals surface area contributed by atoms with Gasteiger partial charge in [-0.15, -0.1) is 0 Å². The highest BCUT2D eigenvalue weighted by Crippen LogP contribution is 2.83. The van der Waals surface area contributed by atoms with Gasteiger partial charge in [-0.25, -0.2) is 0 Å². The van der Waals surface area contributed by atoms with Crippen LogP contribution in [-0.2, 0) is 9.53 Å². The summed E-state index contributed by atoms with van der Waals surface area (Å²) in [5.74, 6) is 0.746. The van der Waals surface area contributed by atoms with E-state index >= 15 is 0 Å². The maximum atomic E-state index is 13.2. The number of rotatable bonds is 7. The lowest BCUT2D eigenvalue weighted by Gasteiger charge is -2.57. The molecule has 0 aromatic carbocycles. The summed E-state index contributed by atoms with van der Waals surface area (Å²) in [5.41, 5.74) is -1.30. The topological polar surface area (TPSA) is 70.3 Å². The molecule has 4 rings (SSSR count). The summed E-state index contributed by atoms with van der Waals surface area (Å²) in [5, 5.41) is 21.4. The highest BCUT2D eigenvalue weighted by molar-refractivity contribution is 5.85. The molecule has 4 heteroatoms. The number of carboxylic acid groups (broad SMARTS) is 1. The molecule has 0 spiro atoms. The molecule has 0 aromatic rings. The van der Waals surface area contributed by atoms with Crippen molar-refractivity contribution in [3.05, 3.63) is 11.6 Å². The lowest BCUT2D eigenvalue weighted by atomic mass is 9.43. The molecule has 0 aliphatic heterocycles. The Morgan fingerprint density at radius 2 is 2.14 bits per heavy atom. The highest BCUT2D eigenvalue weighted by Gasteiger charge is 2.84. The zero-order valence-corrected chi connectivity index (χ0v) is 17.8. The molecule has 0 saturated heterocycles. The number of hydrogen-bond acceptors (Lipinski definition) is 3. The third kappa shape index (κ3) is 2.07. The maximum Gasteiger partial charge on any atom is 0.316 e. The van der Waals surface area contributed by atoms with Crippen molar-refractivity contribution < 1.29 is 14.6 Å². The molecule has 1 N–H and O–H groups in total. The van der Waals surface area contributed by atoms with Gasteiger partial charge in [-0.1, -0.05) is 52.2 Å². The summed E-state index contributed by atoms with van der Waals surface area (Å²) in [4.78, 5) is 13.2. The smallest absolute Gasteiger partial charge is 0.316 e. The van der Waals surface area contributed by atoms with Gasteiger partial charge in [0.2, 0.25) is 0 Å². The van der Waals surface area contributed by atoms with Crippen molar-refractivity contribution >= 4 is 5.97 Å². The molecule has 154 valence electrons. The Kier molecular flexibility index (Phi) is 4.70. The lowest BCUT2D eigenvalue weighted by molar-refractivity contribution is -0.179. The van der Waals surface area contributed by atoms with Crippen LogP contribution in [0.3, 0.4) is 0 Å². The third-order valence-electron chi connectivity index (χ3n) is 9.04. The van der Waals surface area contributed by atoms with Crippen molar-refractivity contribution in [1.82, 2.24) is 0 Å². The average molecular weight is 386 g/mol. The van der Waals surface area contributed by atoms with Gasteiger partial charge < -0.3 is 9.84 Å². The van der Waals surface area contributed by atoms with Gasteiger partial charge in [-0.3, -0.25) is 4.79 Å². The van der Waals surface area contributed by atoms with Crippen LogP contribution >= 0.6 is 0 Å². The molecule has 4 aliphatic rings. The van der Waals surface area contributed by atoms with Crippen LogP contribution in [0.1, 0.15) is 66.2 Å². The van der Waals surface area contributed by atoms with Crippen LogP contribution in [0.15, 0.2) is 11.6 Å². The molecule has 4 nitrogen and oxygen atoms in total. The van der Waals surface area contributed by atoms with E-state index in [1.165, 1.54) is 0 Å². The fraction of sp³-hybridized carbons (Fsp3) is 0.833. The highest BCUT2D eigenvalue weighted by atomic mass is 16.5. The van der Waals surface area contributed by atoms with Gasteiger partial charge >= 0.3 is 5.97 Å². The monoisotopic (exact) mass is 385 g/mol. The van der Waals surface area contributed by atoms with Crippen LogP contribution in [0, 0.1) is 57.2 Å². The summed E-state index contributed by atoms with van der Waals surface area (Å²) in [6, 6.07) is 2.69. The van der Waals surface area contributed by atoms with Crippen molar-refractivity contribution in [2.24, 2.45) is 45.8 Å². The van der Waals surface area contributed by atoms with E-state index in [9.17, 15) is 15.2 Å². The Labute approximate surface area is 169 Å². The van der Waals surface area contributed by atoms with Crippen molar-refractivity contribution in [3.8, 4) is 6.07 Å². The van der Waals surface area contributed by atoms with Gasteiger partial charge in [0.1, 0.15) is 5.41 Å². The molecular formula is C24H35NO3. The van der Waals surface area contributed by atoms with E-state index < -0.39 is 22.2 Å². The minimum absolute atomic E-state index is 0.138. The largest absolute Gasteiger partial charge is 0.481 e. The Bertz CT molecular complexity index is 737. The first-order valence-corrected chi connectivity index (χ1v) is 11.3. The molecule has 3 saturated carbocycles. The molecule has 7 atom stereocenters. The Morgan fingerprint density at radius 3 is 2.75 bits per heavy atom. The van der Waals surface area contributed by atoms with E-state index in [2.05, 4.69) is 39.8 Å². The van der Waals surface area contributed by atoms with Crippen molar-refractivity contribution in [1.29, 1.82) is 5.26 Å². The van der Waals surface area contributed by atoms with Crippen LogP contribution in [0.4, 0.5) is 0 Å². The van der Waals surface area contributed by atoms with E-state index in [0.29, 0.717) is 31.5 Å². The third-order valence-corrected chi connectivity index (χ3v) is 9.04. The quantitative estimate of drug-likeness (QED) is 0.491. The van der Waals surface area contributed by atoms with Crippen LogP contribution in [0.2, 0.25) is 0 Å². The maximum absolute atomic E-state index is 13.2. The van der Waals surface area contributed by atoms with E-state index in [0.717, 1.165) is 37.7 Å². The van der Waals surface area contributed by atoms with Crippen LogP contribution in [-0.4, -0.2) is 24.3 Å². The normalized spacial score (nSPS) is 45.8. The molecule has 0 amide bonds. The number of nitriles is 1. The molecule has 4 unspecified atom stereocenters. The summed E-state index contributed by atoms with van der Waals surface area (Å²) < 4.78 is 6.19. The van der Waals surface area contributed by atoms with Gasteiger partial charge in [0.15, 0.2) is 0 Å². The summed E-state index contributed by atoms with van der Waals surface area (Å²) in [6.45, 7) is 9.80. The van der Waals surface area contributed by atoms with Gasteiger partial charge in [0.25, 0.3) is 0 Å². The van der Waals surface area contributed by atoms with E-state index in [-0.39, 0.29) is 17.8 Å². The van der Waals surface area contributed by atoms with E-state index in [1.54, 1.807) is 0 Å². The van der Waals surface area contributed by atoms with Crippen LogP contribution in [0.25, 0.3) is 0 Å². The molecule has 0 aromatic heterocycles. The zero-order chi connectivity index (χ0) is 20.3. The predicted octanol–water partition coefficient (Wildman–Crippen LogP) is 5.05. The molecule has 0 radical (unpaired) electrons. The molecule has 3 fully saturated rings. The fourth-order valence-corrected chi connectivity index (χ4v) is 8.04. The summed E-state index contributed by atoms with van der Waals surface area (Å²) in [7, 11) is 0. The summed E-state index contributed by atoms with van der Waals surface area (Å²) >= 11 is 0. The average Bonchev–Trinajstić information content (AvgIpc) is 3.22. The van der Waals surface area contributed by atoms with E-state index in [1.807, 2.05) is 0 Å². The number of ether oxygens (including phenoxy) is 1. The Balaban J connectivity index is 1.88. The predicted molar refractivity (Wildman–Crippen MR) is 107 cm³/mol. The minimum atomic E-state index is -1.08. The molecule has 4 bridgehead atoms. The number of allylic oxidation sites excluding steroid dienone is 1. The first-order chi connectivity index (χ1) is 13.3. The van der Waals surface area contributed by atoms with Crippen molar-refractivity contribution in [2.75, 3.05) is 13.2 Å². The van der Waals surface area contributed by atoms with Crippen molar-refractivity contribution in [3.63, 3.8) is 0 Å². The lowest BCUT2D eigenvalue weighted by Crippen LogP contribution is -2.62. The second-order valence-corrected chi connectivity index (χ2v) is 10.3. The van der Waals surface area contributed by atoms with Gasteiger partial charge in [0, 0.05) is 12.0 Å². The number of carbonyl (C=O) groups is 1. The SMILES string of the molecule is CCCCOC[C@]12CC3C(C)CCC3[C@@]3(C#N)CC1C=C(C(C)C)[C@@]23C(=O)O. The Hall–Kier alpha value is -1.34. The summed E-state index contributed by atoms with van der Waals surface area (Å²) in [6.07, 6.45) is 8.04. The van der Waals surface area contributed by atoms with Gasteiger partial charge in [-0.05, 0) is 55.3 Å². The number of unbranched alkanes of at least 4 members (excludes halogenated alkanes) is 1. The standard InChI is InChI=1S/C24H35NO3/c1-5-6-9-28-14-23-12-18-16(4)7-8-19(18)22(13-25)11-17(23)10-20(15(2)3)24(22,23)21(26)27/h10,15-19H,5-9,11-12,14H2,1-4H3,(H,26,27)/t16?,17?,18?,19?,22-,23+,24-/m0/s1. The number of carboxylic acids is 1. The first kappa shape index (κ1) is 20.0. The van der Waals surface area contributed by atoms with E-state index in [4.69, 9.17) is 4.74 Å². The fourth-order valence-electron chi connectivity index (χ4n) is 8.04. The molecule has 4 aliphatic carbocycles. The minimum Gasteiger partial charge on any atom is -0.481 e. The first-order valence-electron chi connectivity index (χ1n) is 11.3. The van der Waals surface area contributed by atoms with Crippen LogP contribution < -0.4 is 0 Å². The second kappa shape index (κ2) is 6.59. The number of fused-ring (bicyclic) bond motifs is 2. The van der Waals surface area contributed by atoms with Gasteiger partial charge in [0.05, 0.1) is 18.1 Å².